The van der Waals surface area contributed by atoms with Crippen LogP contribution in [-0.2, 0) is 19.5 Å². The van der Waals surface area contributed by atoms with Crippen molar-refractivity contribution in [2.24, 2.45) is 5.73 Å². The molecule has 0 bridgehead atoms. The number of fused-ring (bicyclic) bond motifs is 1. The van der Waals surface area contributed by atoms with Crippen molar-refractivity contribution in [3.63, 3.8) is 0 Å². The van der Waals surface area contributed by atoms with Gasteiger partial charge in [0.15, 0.2) is 0 Å². The minimum atomic E-state index is 0.569. The number of hydrogen-bond acceptors (Lipinski definition) is 2. The van der Waals surface area contributed by atoms with Crippen LogP contribution in [0.2, 0.25) is 0 Å². The van der Waals surface area contributed by atoms with Crippen molar-refractivity contribution in [1.29, 1.82) is 0 Å². The first-order valence-electron chi connectivity index (χ1n) is 4.15. The van der Waals surface area contributed by atoms with Crippen LogP contribution >= 0.6 is 0 Å². The Balaban J connectivity index is 2.32. The molecule has 3 heteroatoms. The van der Waals surface area contributed by atoms with Crippen LogP contribution < -0.4 is 5.73 Å². The van der Waals surface area contributed by atoms with Crippen molar-refractivity contribution in [2.75, 3.05) is 0 Å². The molecule has 1 aliphatic rings. The molecule has 1 aromatic rings. The van der Waals surface area contributed by atoms with Gasteiger partial charge in [0.05, 0.1) is 5.69 Å². The van der Waals surface area contributed by atoms with Gasteiger partial charge in [-0.3, -0.25) is 0 Å². The molecule has 0 spiro atoms. The fourth-order valence-corrected chi connectivity index (χ4v) is 1.57. The Morgan fingerprint density at radius 3 is 3.18 bits per heavy atom. The van der Waals surface area contributed by atoms with Gasteiger partial charge >= 0.3 is 0 Å². The molecule has 0 atom stereocenters. The van der Waals surface area contributed by atoms with Gasteiger partial charge in [0.25, 0.3) is 0 Å². The number of nitrogens with zero attached hydrogens (tertiary/aromatic N) is 2. The molecule has 2 N–H and O–H groups in total. The lowest BCUT2D eigenvalue weighted by Crippen LogP contribution is -2.08. The van der Waals surface area contributed by atoms with Crippen molar-refractivity contribution in [1.82, 2.24) is 9.55 Å². The van der Waals surface area contributed by atoms with E-state index >= 15 is 0 Å². The second-order valence-electron chi connectivity index (χ2n) is 3.00. The predicted molar refractivity (Wildman–Crippen MR) is 43.1 cm³/mol. The van der Waals surface area contributed by atoms with Gasteiger partial charge in [-0.05, 0) is 12.8 Å². The average Bonchev–Trinajstić information content (AvgIpc) is 2.46. The Hall–Kier alpha value is -0.830. The first-order chi connectivity index (χ1) is 5.40. The quantitative estimate of drug-likeness (QED) is 0.641. The number of rotatable bonds is 1. The van der Waals surface area contributed by atoms with Gasteiger partial charge in [0, 0.05) is 25.7 Å². The molecule has 0 aromatic carbocycles. The van der Waals surface area contributed by atoms with Crippen molar-refractivity contribution in [3.05, 3.63) is 17.7 Å². The zero-order chi connectivity index (χ0) is 7.68. The first kappa shape index (κ1) is 6.85. The Morgan fingerprint density at radius 1 is 1.55 bits per heavy atom. The molecule has 0 unspecified atom stereocenters. The summed E-state index contributed by atoms with van der Waals surface area (Å²) in [6.45, 7) is 1.70. The highest BCUT2D eigenvalue weighted by molar-refractivity contribution is 5.05. The van der Waals surface area contributed by atoms with Gasteiger partial charge in [-0.1, -0.05) is 0 Å². The SMILES string of the molecule is NCc1cn2c(n1)CCCC2. The summed E-state index contributed by atoms with van der Waals surface area (Å²) in [6, 6.07) is 0. The smallest absolute Gasteiger partial charge is 0.109 e. The molecule has 0 amide bonds. The number of aromatic nitrogens is 2. The molecule has 2 heterocycles. The van der Waals surface area contributed by atoms with Crippen LogP contribution in [0.15, 0.2) is 6.20 Å². The summed E-state index contributed by atoms with van der Waals surface area (Å²) in [7, 11) is 0. The molecule has 2 rings (SSSR count). The zero-order valence-corrected chi connectivity index (χ0v) is 6.58. The second-order valence-corrected chi connectivity index (χ2v) is 3.00. The highest BCUT2D eigenvalue weighted by Crippen LogP contribution is 2.13. The third kappa shape index (κ3) is 1.16. The Labute approximate surface area is 66.2 Å². The van der Waals surface area contributed by atoms with Gasteiger partial charge in [-0.2, -0.15) is 0 Å². The lowest BCUT2D eigenvalue weighted by atomic mass is 10.2. The molecule has 11 heavy (non-hydrogen) atoms. The third-order valence-corrected chi connectivity index (χ3v) is 2.17. The van der Waals surface area contributed by atoms with E-state index in [4.69, 9.17) is 5.73 Å². The molecule has 1 aromatic heterocycles. The minimum Gasteiger partial charge on any atom is -0.335 e. The summed E-state index contributed by atoms with van der Waals surface area (Å²) in [6.07, 6.45) is 5.77. The van der Waals surface area contributed by atoms with Crippen LogP contribution in [0.25, 0.3) is 0 Å². The van der Waals surface area contributed by atoms with Crippen LogP contribution in [0.5, 0.6) is 0 Å². The van der Waals surface area contributed by atoms with Crippen molar-refractivity contribution < 1.29 is 0 Å². The van der Waals surface area contributed by atoms with E-state index in [-0.39, 0.29) is 0 Å². The summed E-state index contributed by atoms with van der Waals surface area (Å²) in [4.78, 5) is 4.41. The van der Waals surface area contributed by atoms with Crippen LogP contribution in [-0.4, -0.2) is 9.55 Å². The minimum absolute atomic E-state index is 0.569. The Morgan fingerprint density at radius 2 is 2.45 bits per heavy atom. The van der Waals surface area contributed by atoms with E-state index < -0.39 is 0 Å². The van der Waals surface area contributed by atoms with E-state index in [0.717, 1.165) is 18.7 Å². The number of hydrogen-bond donors (Lipinski definition) is 1. The van der Waals surface area contributed by atoms with Crippen LogP contribution in [0, 0.1) is 0 Å². The summed E-state index contributed by atoms with van der Waals surface area (Å²) in [5.74, 6) is 1.22. The fourth-order valence-electron chi connectivity index (χ4n) is 1.57. The molecule has 1 aliphatic heterocycles. The molecular weight excluding hydrogens is 138 g/mol. The van der Waals surface area contributed by atoms with Crippen molar-refractivity contribution >= 4 is 0 Å². The molecule has 0 fully saturated rings. The molecule has 0 radical (unpaired) electrons. The van der Waals surface area contributed by atoms with Gasteiger partial charge in [-0.25, -0.2) is 4.98 Å². The molecule has 0 saturated carbocycles. The standard InChI is InChI=1S/C8H13N3/c9-5-7-6-11-4-2-1-3-8(11)10-7/h6H,1-5,9H2. The van der Waals surface area contributed by atoms with Gasteiger partial charge in [0.1, 0.15) is 5.82 Å². The predicted octanol–water partition coefficient (Wildman–Crippen LogP) is 0.678. The van der Waals surface area contributed by atoms with E-state index in [0.29, 0.717) is 6.54 Å². The van der Waals surface area contributed by atoms with Gasteiger partial charge in [-0.15, -0.1) is 0 Å². The van der Waals surface area contributed by atoms with Crippen molar-refractivity contribution in [2.45, 2.75) is 32.4 Å². The third-order valence-electron chi connectivity index (χ3n) is 2.17. The first-order valence-corrected chi connectivity index (χ1v) is 4.15. The average molecular weight is 151 g/mol. The lowest BCUT2D eigenvalue weighted by molar-refractivity contribution is 0.522. The molecular formula is C8H13N3. The number of aryl methyl sites for hydroxylation is 2. The maximum Gasteiger partial charge on any atom is 0.109 e. The highest BCUT2D eigenvalue weighted by Gasteiger charge is 2.10. The second kappa shape index (κ2) is 2.66. The molecule has 0 aliphatic carbocycles. The summed E-state index contributed by atoms with van der Waals surface area (Å²) >= 11 is 0. The van der Waals surface area contributed by atoms with E-state index in [1.54, 1.807) is 0 Å². The van der Waals surface area contributed by atoms with Crippen LogP contribution in [0.3, 0.4) is 0 Å². The van der Waals surface area contributed by atoms with E-state index in [9.17, 15) is 0 Å². The van der Waals surface area contributed by atoms with Crippen molar-refractivity contribution in [3.8, 4) is 0 Å². The van der Waals surface area contributed by atoms with Crippen LogP contribution in [0.4, 0.5) is 0 Å². The zero-order valence-electron chi connectivity index (χ0n) is 6.58. The monoisotopic (exact) mass is 151 g/mol. The molecule has 0 saturated heterocycles. The van der Waals surface area contributed by atoms with E-state index in [1.165, 1.54) is 18.7 Å². The summed E-state index contributed by atoms with van der Waals surface area (Å²) in [5.41, 5.74) is 6.52. The molecule has 60 valence electrons. The Bertz CT molecular complexity index is 228. The normalized spacial score (nSPS) is 16.5. The Kier molecular flexibility index (Phi) is 1.66. The maximum atomic E-state index is 5.49. The number of nitrogens with two attached hydrogens (primary N) is 1. The highest BCUT2D eigenvalue weighted by atomic mass is 15.1. The number of imidazole rings is 1. The largest absolute Gasteiger partial charge is 0.335 e. The van der Waals surface area contributed by atoms with Gasteiger partial charge in [0.2, 0.25) is 0 Å². The topological polar surface area (TPSA) is 43.8 Å². The summed E-state index contributed by atoms with van der Waals surface area (Å²) < 4.78 is 2.23. The van der Waals surface area contributed by atoms with E-state index in [2.05, 4.69) is 15.7 Å². The van der Waals surface area contributed by atoms with Crippen LogP contribution in [0.1, 0.15) is 24.4 Å². The summed E-state index contributed by atoms with van der Waals surface area (Å²) in [5, 5.41) is 0. The van der Waals surface area contributed by atoms with E-state index in [1.807, 2.05) is 0 Å². The molecule has 3 nitrogen and oxygen atoms in total. The maximum absolute atomic E-state index is 5.49. The fraction of sp³-hybridized carbons (Fsp3) is 0.625. The lowest BCUT2D eigenvalue weighted by Gasteiger charge is -2.11. The van der Waals surface area contributed by atoms with Gasteiger partial charge < -0.3 is 10.3 Å².